The lowest BCUT2D eigenvalue weighted by molar-refractivity contribution is -0.138. The molecule has 0 aliphatic carbocycles. The van der Waals surface area contributed by atoms with Gasteiger partial charge in [0.1, 0.15) is 0 Å². The molecule has 0 atom stereocenters. The number of hydrogen-bond acceptors (Lipinski definition) is 2. The van der Waals surface area contributed by atoms with Crippen molar-refractivity contribution in [2.75, 3.05) is 5.32 Å². The maximum atomic E-state index is 12.7. The number of carboxylic acid groups (broad SMARTS) is 1. The SMILES string of the molecule is O=C(O)CCc1ccccc1C(=O)Nc1cccc(C(F)(F)F)c1. The Morgan fingerprint density at radius 1 is 1.04 bits per heavy atom. The number of amides is 1. The molecule has 7 heteroatoms. The smallest absolute Gasteiger partial charge is 0.416 e. The molecule has 0 bridgehead atoms. The van der Waals surface area contributed by atoms with Gasteiger partial charge in [0.05, 0.1) is 5.56 Å². The van der Waals surface area contributed by atoms with Crippen molar-refractivity contribution in [3.63, 3.8) is 0 Å². The molecule has 4 nitrogen and oxygen atoms in total. The van der Waals surface area contributed by atoms with Crippen molar-refractivity contribution in [2.45, 2.75) is 19.0 Å². The first kappa shape index (κ1) is 17.5. The topological polar surface area (TPSA) is 66.4 Å². The highest BCUT2D eigenvalue weighted by Crippen LogP contribution is 2.30. The fourth-order valence-corrected chi connectivity index (χ4v) is 2.17. The van der Waals surface area contributed by atoms with Crippen molar-refractivity contribution in [1.82, 2.24) is 0 Å². The summed E-state index contributed by atoms with van der Waals surface area (Å²) in [7, 11) is 0. The highest BCUT2D eigenvalue weighted by molar-refractivity contribution is 6.05. The Morgan fingerprint density at radius 3 is 2.42 bits per heavy atom. The number of nitrogens with one attached hydrogen (secondary N) is 1. The van der Waals surface area contributed by atoms with Crippen LogP contribution in [0, 0.1) is 0 Å². The van der Waals surface area contributed by atoms with Gasteiger partial charge in [-0.25, -0.2) is 0 Å². The quantitative estimate of drug-likeness (QED) is 0.867. The van der Waals surface area contributed by atoms with Crippen LogP contribution in [0.5, 0.6) is 0 Å². The van der Waals surface area contributed by atoms with Crippen LogP contribution >= 0.6 is 0 Å². The zero-order valence-electron chi connectivity index (χ0n) is 12.4. The molecular weight excluding hydrogens is 323 g/mol. The van der Waals surface area contributed by atoms with Crippen molar-refractivity contribution in [1.29, 1.82) is 0 Å². The van der Waals surface area contributed by atoms with Crippen LogP contribution in [0.1, 0.15) is 27.9 Å². The van der Waals surface area contributed by atoms with E-state index < -0.39 is 23.6 Å². The largest absolute Gasteiger partial charge is 0.481 e. The number of aryl methyl sites for hydroxylation is 1. The molecule has 2 aromatic rings. The number of halogens is 3. The molecule has 0 saturated heterocycles. The van der Waals surface area contributed by atoms with E-state index in [1.165, 1.54) is 18.2 Å². The van der Waals surface area contributed by atoms with Gasteiger partial charge in [0.15, 0.2) is 0 Å². The van der Waals surface area contributed by atoms with Crippen LogP contribution in [-0.4, -0.2) is 17.0 Å². The van der Waals surface area contributed by atoms with E-state index in [2.05, 4.69) is 5.32 Å². The Kier molecular flexibility index (Phi) is 5.23. The second-order valence-corrected chi connectivity index (χ2v) is 5.08. The van der Waals surface area contributed by atoms with Crippen LogP contribution in [0.25, 0.3) is 0 Å². The maximum absolute atomic E-state index is 12.7. The molecule has 0 heterocycles. The Morgan fingerprint density at radius 2 is 1.75 bits per heavy atom. The third-order valence-electron chi connectivity index (χ3n) is 3.32. The zero-order valence-corrected chi connectivity index (χ0v) is 12.4. The van der Waals surface area contributed by atoms with E-state index in [9.17, 15) is 22.8 Å². The third-order valence-corrected chi connectivity index (χ3v) is 3.32. The molecule has 0 unspecified atom stereocenters. The third kappa shape index (κ3) is 4.58. The predicted octanol–water partition coefficient (Wildman–Crippen LogP) is 3.97. The van der Waals surface area contributed by atoms with Gasteiger partial charge >= 0.3 is 12.1 Å². The van der Waals surface area contributed by atoms with Crippen molar-refractivity contribution < 1.29 is 27.9 Å². The van der Waals surface area contributed by atoms with Crippen LogP contribution in [0.2, 0.25) is 0 Å². The molecule has 0 radical (unpaired) electrons. The predicted molar refractivity (Wildman–Crippen MR) is 81.8 cm³/mol. The Bertz CT molecular complexity index is 757. The van der Waals surface area contributed by atoms with Gasteiger partial charge in [0.2, 0.25) is 0 Å². The number of anilines is 1. The van der Waals surface area contributed by atoms with Gasteiger partial charge in [0, 0.05) is 17.7 Å². The number of alkyl halides is 3. The van der Waals surface area contributed by atoms with Crippen molar-refractivity contribution in [3.8, 4) is 0 Å². The number of carbonyl (C=O) groups excluding carboxylic acids is 1. The van der Waals surface area contributed by atoms with E-state index >= 15 is 0 Å². The fraction of sp³-hybridized carbons (Fsp3) is 0.176. The van der Waals surface area contributed by atoms with Crippen molar-refractivity contribution >= 4 is 17.6 Å². The van der Waals surface area contributed by atoms with E-state index in [-0.39, 0.29) is 24.1 Å². The van der Waals surface area contributed by atoms with Gasteiger partial charge < -0.3 is 10.4 Å². The summed E-state index contributed by atoms with van der Waals surface area (Å²) in [5.74, 6) is -1.58. The van der Waals surface area contributed by atoms with E-state index in [1.807, 2.05) is 0 Å². The van der Waals surface area contributed by atoms with Gasteiger partial charge in [-0.3, -0.25) is 9.59 Å². The standard InChI is InChI=1S/C17H14F3NO3/c18-17(19,20)12-5-3-6-13(10-12)21-16(24)14-7-2-1-4-11(14)8-9-15(22)23/h1-7,10H,8-9H2,(H,21,24)(H,22,23). The van der Waals surface area contributed by atoms with Crippen LogP contribution in [0.3, 0.4) is 0 Å². The summed E-state index contributed by atoms with van der Waals surface area (Å²) < 4.78 is 38.1. The van der Waals surface area contributed by atoms with E-state index in [0.29, 0.717) is 5.56 Å². The molecule has 0 spiro atoms. The lowest BCUT2D eigenvalue weighted by Gasteiger charge is -2.12. The van der Waals surface area contributed by atoms with E-state index in [1.54, 1.807) is 18.2 Å². The first-order valence-electron chi connectivity index (χ1n) is 7.05. The van der Waals surface area contributed by atoms with Gasteiger partial charge in [0.25, 0.3) is 5.91 Å². The lowest BCUT2D eigenvalue weighted by atomic mass is 10.0. The summed E-state index contributed by atoms with van der Waals surface area (Å²) in [6, 6.07) is 10.7. The summed E-state index contributed by atoms with van der Waals surface area (Å²) in [5.41, 5.74) is -0.0946. The van der Waals surface area contributed by atoms with Gasteiger partial charge in [-0.05, 0) is 36.2 Å². The fourth-order valence-electron chi connectivity index (χ4n) is 2.17. The van der Waals surface area contributed by atoms with Crippen LogP contribution in [0.4, 0.5) is 18.9 Å². The molecule has 0 aromatic heterocycles. The molecule has 0 fully saturated rings. The monoisotopic (exact) mass is 337 g/mol. The molecule has 0 aliphatic rings. The Hall–Kier alpha value is -2.83. The van der Waals surface area contributed by atoms with Crippen LogP contribution < -0.4 is 5.32 Å². The highest BCUT2D eigenvalue weighted by Gasteiger charge is 2.30. The molecule has 1 amide bonds. The van der Waals surface area contributed by atoms with E-state index in [4.69, 9.17) is 5.11 Å². The molecule has 2 N–H and O–H groups in total. The average molecular weight is 337 g/mol. The minimum Gasteiger partial charge on any atom is -0.481 e. The molecule has 126 valence electrons. The molecule has 0 aliphatic heterocycles. The summed E-state index contributed by atoms with van der Waals surface area (Å²) >= 11 is 0. The van der Waals surface area contributed by atoms with E-state index in [0.717, 1.165) is 12.1 Å². The van der Waals surface area contributed by atoms with Gasteiger partial charge in [-0.2, -0.15) is 13.2 Å². The summed E-state index contributed by atoms with van der Waals surface area (Å²) in [5, 5.41) is 11.2. The first-order valence-corrected chi connectivity index (χ1v) is 7.05. The minimum absolute atomic E-state index is 0.0165. The van der Waals surface area contributed by atoms with Crippen LogP contribution in [0.15, 0.2) is 48.5 Å². The zero-order chi connectivity index (χ0) is 17.7. The van der Waals surface area contributed by atoms with Gasteiger partial charge in [-0.1, -0.05) is 24.3 Å². The summed E-state index contributed by atoms with van der Waals surface area (Å²) in [4.78, 5) is 23.0. The van der Waals surface area contributed by atoms with Gasteiger partial charge in [-0.15, -0.1) is 0 Å². The number of hydrogen-bond donors (Lipinski definition) is 2. The Labute approximate surface area is 135 Å². The second kappa shape index (κ2) is 7.16. The first-order chi connectivity index (χ1) is 11.3. The minimum atomic E-state index is -4.50. The van der Waals surface area contributed by atoms with Crippen LogP contribution in [-0.2, 0) is 17.4 Å². The lowest BCUT2D eigenvalue weighted by Crippen LogP contribution is -2.15. The number of carboxylic acids is 1. The molecule has 0 saturated carbocycles. The number of aliphatic carboxylic acids is 1. The number of rotatable bonds is 5. The average Bonchev–Trinajstić information content (AvgIpc) is 2.52. The molecule has 2 aromatic carbocycles. The number of carbonyl (C=O) groups is 2. The summed E-state index contributed by atoms with van der Waals surface area (Å²) in [6.07, 6.45) is -4.49. The molecular formula is C17H14F3NO3. The summed E-state index contributed by atoms with van der Waals surface area (Å²) in [6.45, 7) is 0. The number of benzene rings is 2. The maximum Gasteiger partial charge on any atom is 0.416 e. The Balaban J connectivity index is 2.20. The highest BCUT2D eigenvalue weighted by atomic mass is 19.4. The normalized spacial score (nSPS) is 11.1. The van der Waals surface area contributed by atoms with Crippen molar-refractivity contribution in [2.24, 2.45) is 0 Å². The van der Waals surface area contributed by atoms with Crippen molar-refractivity contribution in [3.05, 3.63) is 65.2 Å². The second-order valence-electron chi connectivity index (χ2n) is 5.08. The molecule has 24 heavy (non-hydrogen) atoms. The molecule has 2 rings (SSSR count).